The number of anilines is 1. The molecule has 1 aromatic heterocycles. The lowest BCUT2D eigenvalue weighted by Crippen LogP contribution is -2.07. The summed E-state index contributed by atoms with van der Waals surface area (Å²) in [4.78, 5) is 0. The monoisotopic (exact) mass is 291 g/mol. The zero-order valence-electron chi connectivity index (χ0n) is 9.49. The summed E-state index contributed by atoms with van der Waals surface area (Å²) in [6.45, 7) is 0.756. The third-order valence-corrected chi connectivity index (χ3v) is 3.79. The van der Waals surface area contributed by atoms with Crippen LogP contribution in [0.1, 0.15) is 23.2 Å². The summed E-state index contributed by atoms with van der Waals surface area (Å²) >= 11 is 3.43. The van der Waals surface area contributed by atoms with Gasteiger partial charge in [0.1, 0.15) is 5.82 Å². The van der Waals surface area contributed by atoms with Crippen LogP contribution in [0.4, 0.5) is 5.82 Å². The standard InChI is InChI=1S/C13H14BrN3/c14-10-6-4-9(5-7-10)8-17-13(15)11-2-1-3-12(11)16-17/h4-7H,1-3,8,15H2. The minimum atomic E-state index is 0.756. The van der Waals surface area contributed by atoms with Crippen LogP contribution in [0, 0.1) is 0 Å². The maximum absolute atomic E-state index is 6.12. The number of rotatable bonds is 2. The van der Waals surface area contributed by atoms with E-state index in [1.54, 1.807) is 0 Å². The van der Waals surface area contributed by atoms with Gasteiger partial charge >= 0.3 is 0 Å². The molecule has 0 aliphatic heterocycles. The van der Waals surface area contributed by atoms with Crippen LogP contribution >= 0.6 is 15.9 Å². The van der Waals surface area contributed by atoms with E-state index in [1.807, 2.05) is 16.8 Å². The second kappa shape index (κ2) is 4.18. The summed E-state index contributed by atoms with van der Waals surface area (Å²) < 4.78 is 3.02. The molecule has 2 aromatic rings. The highest BCUT2D eigenvalue weighted by Gasteiger charge is 2.20. The van der Waals surface area contributed by atoms with Crippen molar-refractivity contribution in [2.75, 3.05) is 5.73 Å². The van der Waals surface area contributed by atoms with Gasteiger partial charge in [0.25, 0.3) is 0 Å². The molecule has 0 atom stereocenters. The fourth-order valence-corrected chi connectivity index (χ4v) is 2.62. The Hall–Kier alpha value is -1.29. The molecule has 0 amide bonds. The van der Waals surface area contributed by atoms with E-state index in [4.69, 9.17) is 5.73 Å². The van der Waals surface area contributed by atoms with Gasteiger partial charge < -0.3 is 5.73 Å². The van der Waals surface area contributed by atoms with E-state index in [0.717, 1.165) is 29.7 Å². The molecule has 1 aliphatic carbocycles. The van der Waals surface area contributed by atoms with Crippen LogP contribution in [0.3, 0.4) is 0 Å². The highest BCUT2D eigenvalue weighted by molar-refractivity contribution is 9.10. The minimum Gasteiger partial charge on any atom is -0.384 e. The number of hydrogen-bond donors (Lipinski definition) is 1. The summed E-state index contributed by atoms with van der Waals surface area (Å²) in [5.41, 5.74) is 9.81. The van der Waals surface area contributed by atoms with Gasteiger partial charge in [-0.25, -0.2) is 4.68 Å². The summed E-state index contributed by atoms with van der Waals surface area (Å²) in [7, 11) is 0. The Bertz CT molecular complexity index is 543. The SMILES string of the molecule is Nc1c2c(nn1Cc1ccc(Br)cc1)CCC2. The second-order valence-electron chi connectivity index (χ2n) is 4.45. The first kappa shape index (κ1) is 10.8. The molecule has 1 aromatic carbocycles. The normalized spacial score (nSPS) is 13.9. The first-order valence-corrected chi connectivity index (χ1v) is 6.62. The topological polar surface area (TPSA) is 43.8 Å². The average molecular weight is 292 g/mol. The molecule has 0 bridgehead atoms. The maximum atomic E-state index is 6.12. The quantitative estimate of drug-likeness (QED) is 0.925. The molecule has 0 saturated heterocycles. The van der Waals surface area contributed by atoms with Gasteiger partial charge in [0.2, 0.25) is 0 Å². The van der Waals surface area contributed by atoms with E-state index in [-0.39, 0.29) is 0 Å². The maximum Gasteiger partial charge on any atom is 0.125 e. The first-order valence-electron chi connectivity index (χ1n) is 5.82. The van der Waals surface area contributed by atoms with Crippen molar-refractivity contribution in [2.24, 2.45) is 0 Å². The fraction of sp³-hybridized carbons (Fsp3) is 0.308. The van der Waals surface area contributed by atoms with Gasteiger partial charge in [-0.2, -0.15) is 5.10 Å². The van der Waals surface area contributed by atoms with Crippen LogP contribution in [0.2, 0.25) is 0 Å². The van der Waals surface area contributed by atoms with E-state index in [1.165, 1.54) is 23.2 Å². The molecule has 0 radical (unpaired) electrons. The van der Waals surface area contributed by atoms with Crippen molar-refractivity contribution < 1.29 is 0 Å². The average Bonchev–Trinajstić information content (AvgIpc) is 2.87. The van der Waals surface area contributed by atoms with Crippen LogP contribution in [0.15, 0.2) is 28.7 Å². The summed E-state index contributed by atoms with van der Waals surface area (Å²) in [5, 5.41) is 4.59. The molecule has 0 spiro atoms. The lowest BCUT2D eigenvalue weighted by molar-refractivity contribution is 0.673. The van der Waals surface area contributed by atoms with Gasteiger partial charge in [0, 0.05) is 10.0 Å². The third kappa shape index (κ3) is 1.97. The molecule has 1 aliphatic rings. The Kier molecular flexibility index (Phi) is 2.67. The predicted molar refractivity (Wildman–Crippen MR) is 71.9 cm³/mol. The van der Waals surface area contributed by atoms with Crippen molar-refractivity contribution in [2.45, 2.75) is 25.8 Å². The molecule has 17 heavy (non-hydrogen) atoms. The Labute approximate surface area is 109 Å². The summed E-state index contributed by atoms with van der Waals surface area (Å²) in [6.07, 6.45) is 3.36. The predicted octanol–water partition coefficient (Wildman–Crippen LogP) is 2.76. The van der Waals surface area contributed by atoms with Gasteiger partial charge in [-0.15, -0.1) is 0 Å². The number of fused-ring (bicyclic) bond motifs is 1. The number of benzene rings is 1. The van der Waals surface area contributed by atoms with Crippen molar-refractivity contribution in [1.82, 2.24) is 9.78 Å². The number of halogens is 1. The first-order chi connectivity index (χ1) is 8.24. The lowest BCUT2D eigenvalue weighted by Gasteiger charge is -2.05. The third-order valence-electron chi connectivity index (χ3n) is 3.26. The highest BCUT2D eigenvalue weighted by Crippen LogP contribution is 2.27. The molecular weight excluding hydrogens is 278 g/mol. The van der Waals surface area contributed by atoms with Crippen molar-refractivity contribution in [1.29, 1.82) is 0 Å². The van der Waals surface area contributed by atoms with E-state index < -0.39 is 0 Å². The molecule has 3 rings (SSSR count). The van der Waals surface area contributed by atoms with Gasteiger partial charge in [-0.1, -0.05) is 28.1 Å². The zero-order chi connectivity index (χ0) is 11.8. The van der Waals surface area contributed by atoms with Crippen LogP contribution < -0.4 is 5.73 Å². The minimum absolute atomic E-state index is 0.756. The highest BCUT2D eigenvalue weighted by atomic mass is 79.9. The molecule has 2 N–H and O–H groups in total. The molecule has 0 unspecified atom stereocenters. The molecule has 88 valence electrons. The summed E-state index contributed by atoms with van der Waals surface area (Å²) in [6, 6.07) is 8.28. The lowest BCUT2D eigenvalue weighted by atomic mass is 10.2. The Balaban J connectivity index is 1.88. The largest absolute Gasteiger partial charge is 0.384 e. The number of nitrogens with zero attached hydrogens (tertiary/aromatic N) is 2. The van der Waals surface area contributed by atoms with Crippen molar-refractivity contribution in [3.63, 3.8) is 0 Å². The van der Waals surface area contributed by atoms with Gasteiger partial charge in [0.05, 0.1) is 12.2 Å². The van der Waals surface area contributed by atoms with E-state index in [2.05, 4.69) is 33.2 Å². The molecule has 3 nitrogen and oxygen atoms in total. The van der Waals surface area contributed by atoms with Crippen molar-refractivity contribution in [3.8, 4) is 0 Å². The van der Waals surface area contributed by atoms with E-state index >= 15 is 0 Å². The Morgan fingerprint density at radius 1 is 1.24 bits per heavy atom. The Morgan fingerprint density at radius 2 is 2.00 bits per heavy atom. The van der Waals surface area contributed by atoms with E-state index in [9.17, 15) is 0 Å². The van der Waals surface area contributed by atoms with Crippen LogP contribution in [0.5, 0.6) is 0 Å². The zero-order valence-corrected chi connectivity index (χ0v) is 11.1. The molecular formula is C13H14BrN3. The molecule has 0 fully saturated rings. The fourth-order valence-electron chi connectivity index (χ4n) is 2.35. The smallest absolute Gasteiger partial charge is 0.125 e. The van der Waals surface area contributed by atoms with Gasteiger partial charge in [-0.05, 0) is 37.0 Å². The van der Waals surface area contributed by atoms with Crippen LogP contribution in [-0.4, -0.2) is 9.78 Å². The second-order valence-corrected chi connectivity index (χ2v) is 5.36. The van der Waals surface area contributed by atoms with Gasteiger partial charge in [0.15, 0.2) is 0 Å². The molecule has 0 saturated carbocycles. The Morgan fingerprint density at radius 3 is 2.71 bits per heavy atom. The number of aromatic nitrogens is 2. The van der Waals surface area contributed by atoms with Gasteiger partial charge in [-0.3, -0.25) is 0 Å². The number of aryl methyl sites for hydroxylation is 1. The van der Waals surface area contributed by atoms with Crippen molar-refractivity contribution in [3.05, 3.63) is 45.6 Å². The molecule has 4 heteroatoms. The van der Waals surface area contributed by atoms with Crippen LogP contribution in [-0.2, 0) is 19.4 Å². The van der Waals surface area contributed by atoms with E-state index in [0.29, 0.717) is 0 Å². The molecule has 1 heterocycles. The number of nitrogens with two attached hydrogens (primary N) is 1. The number of nitrogen functional groups attached to an aromatic ring is 1. The van der Waals surface area contributed by atoms with Crippen molar-refractivity contribution >= 4 is 21.7 Å². The van der Waals surface area contributed by atoms with Crippen LogP contribution in [0.25, 0.3) is 0 Å². The number of hydrogen-bond acceptors (Lipinski definition) is 2. The summed E-state index contributed by atoms with van der Waals surface area (Å²) in [5.74, 6) is 0.848.